The van der Waals surface area contributed by atoms with Gasteiger partial charge in [-0.15, -0.1) is 10.2 Å². The van der Waals surface area contributed by atoms with E-state index in [-0.39, 0.29) is 11.7 Å². The van der Waals surface area contributed by atoms with Crippen LogP contribution in [-0.2, 0) is 11.2 Å². The fraction of sp³-hybridized carbons (Fsp3) is 0.241. The van der Waals surface area contributed by atoms with Gasteiger partial charge in [0.25, 0.3) is 0 Å². The topological polar surface area (TPSA) is 86.2 Å². The minimum atomic E-state index is -0.0669. The number of aromatic nitrogens is 3. The van der Waals surface area contributed by atoms with E-state index in [0.717, 1.165) is 29.0 Å². The lowest BCUT2D eigenvalue weighted by molar-refractivity contribution is -0.118. The van der Waals surface area contributed by atoms with Gasteiger partial charge in [0.1, 0.15) is 22.9 Å². The van der Waals surface area contributed by atoms with Crippen molar-refractivity contribution in [1.29, 1.82) is 0 Å². The predicted octanol–water partition coefficient (Wildman–Crippen LogP) is 5.45. The third-order valence-corrected chi connectivity index (χ3v) is 6.29. The molecular weight excluding hydrogens is 484 g/mol. The summed E-state index contributed by atoms with van der Waals surface area (Å²) in [7, 11) is 0. The summed E-state index contributed by atoms with van der Waals surface area (Å²) < 4.78 is 11.2. The maximum absolute atomic E-state index is 12.4. The highest BCUT2D eigenvalue weighted by atomic mass is 32.2. The molecule has 37 heavy (non-hydrogen) atoms. The van der Waals surface area contributed by atoms with Crippen LogP contribution < -0.4 is 14.8 Å². The smallest absolute Gasteiger partial charge is 0.230 e. The van der Waals surface area contributed by atoms with Crippen LogP contribution in [0.2, 0.25) is 0 Å². The monoisotopic (exact) mass is 514 g/mol. The minimum Gasteiger partial charge on any atom is -0.494 e. The number of benzene rings is 3. The molecule has 0 aliphatic carbocycles. The van der Waals surface area contributed by atoms with Gasteiger partial charge in [-0.25, -0.2) is 4.98 Å². The number of amides is 1. The zero-order valence-corrected chi connectivity index (χ0v) is 21.8. The van der Waals surface area contributed by atoms with Gasteiger partial charge >= 0.3 is 0 Å². The number of ether oxygens (including phenoxy) is 2. The summed E-state index contributed by atoms with van der Waals surface area (Å²) >= 11 is 1.27. The third kappa shape index (κ3) is 7.54. The minimum absolute atomic E-state index is 0.0669. The van der Waals surface area contributed by atoms with E-state index in [2.05, 4.69) is 27.6 Å². The molecular formula is C29H30N4O3S. The van der Waals surface area contributed by atoms with Crippen molar-refractivity contribution in [2.45, 2.75) is 25.4 Å². The van der Waals surface area contributed by atoms with Gasteiger partial charge in [-0.05, 0) is 74.4 Å². The molecule has 4 aromatic rings. The first-order valence-electron chi connectivity index (χ1n) is 12.3. The van der Waals surface area contributed by atoms with Crippen LogP contribution in [0.15, 0.2) is 84.0 Å². The molecule has 7 nitrogen and oxygen atoms in total. The first-order chi connectivity index (χ1) is 18.2. The number of carbonyl (C=O) groups is 1. The van der Waals surface area contributed by atoms with Crippen LogP contribution in [0.5, 0.6) is 11.5 Å². The van der Waals surface area contributed by atoms with Crippen molar-refractivity contribution in [2.24, 2.45) is 0 Å². The predicted molar refractivity (Wildman–Crippen MR) is 147 cm³/mol. The Hall–Kier alpha value is -3.91. The molecule has 0 aliphatic heterocycles. The van der Waals surface area contributed by atoms with Crippen LogP contribution in [0.3, 0.4) is 0 Å². The number of hydrogen-bond acceptors (Lipinski definition) is 7. The Morgan fingerprint density at radius 3 is 1.97 bits per heavy atom. The standard InChI is InChI=1S/C29H30N4O3S/c1-3-35-24-14-10-22(11-15-24)27-28(23-12-16-25(17-13-23)36-4-2)32-33-29(31-27)37-20-26(34)30-19-18-21-8-6-5-7-9-21/h5-17H,3-4,18-20H2,1-2H3,(H,30,34). The number of hydrogen-bond donors (Lipinski definition) is 1. The Bertz CT molecular complexity index is 1280. The van der Waals surface area contributed by atoms with Crippen molar-refractivity contribution in [3.8, 4) is 34.0 Å². The molecule has 8 heteroatoms. The van der Waals surface area contributed by atoms with Crippen LogP contribution in [-0.4, -0.2) is 46.6 Å². The Morgan fingerprint density at radius 1 is 0.784 bits per heavy atom. The molecule has 0 spiro atoms. The maximum Gasteiger partial charge on any atom is 0.230 e. The van der Waals surface area contributed by atoms with E-state index in [0.29, 0.717) is 36.3 Å². The zero-order valence-electron chi connectivity index (χ0n) is 21.0. The molecule has 0 bridgehead atoms. The van der Waals surface area contributed by atoms with E-state index >= 15 is 0 Å². The summed E-state index contributed by atoms with van der Waals surface area (Å²) in [6.45, 7) is 5.68. The van der Waals surface area contributed by atoms with Crippen LogP contribution in [0.4, 0.5) is 0 Å². The van der Waals surface area contributed by atoms with E-state index in [1.807, 2.05) is 80.6 Å². The van der Waals surface area contributed by atoms with Crippen molar-refractivity contribution in [1.82, 2.24) is 20.5 Å². The summed E-state index contributed by atoms with van der Waals surface area (Å²) in [5, 5.41) is 12.2. The highest BCUT2D eigenvalue weighted by Crippen LogP contribution is 2.32. The Labute approximate surface area is 221 Å². The van der Waals surface area contributed by atoms with Gasteiger partial charge in [-0.3, -0.25) is 4.79 Å². The van der Waals surface area contributed by atoms with Gasteiger partial charge in [0.05, 0.1) is 19.0 Å². The van der Waals surface area contributed by atoms with E-state index in [1.54, 1.807) is 0 Å². The average molecular weight is 515 g/mol. The summed E-state index contributed by atoms with van der Waals surface area (Å²) in [6.07, 6.45) is 0.786. The largest absolute Gasteiger partial charge is 0.494 e. The first kappa shape index (κ1) is 26.2. The molecule has 3 aromatic carbocycles. The highest BCUT2D eigenvalue weighted by molar-refractivity contribution is 7.99. The molecule has 190 valence electrons. The summed E-state index contributed by atoms with van der Waals surface area (Å²) in [5.41, 5.74) is 4.30. The van der Waals surface area contributed by atoms with Crippen LogP contribution in [0.25, 0.3) is 22.5 Å². The summed E-state index contributed by atoms with van der Waals surface area (Å²) in [5.74, 6) is 1.72. The molecule has 0 aliphatic rings. The van der Waals surface area contributed by atoms with Crippen molar-refractivity contribution < 1.29 is 14.3 Å². The molecule has 0 saturated carbocycles. The number of thioether (sulfide) groups is 1. The van der Waals surface area contributed by atoms with Gasteiger partial charge in [-0.1, -0.05) is 42.1 Å². The number of nitrogens with one attached hydrogen (secondary N) is 1. The maximum atomic E-state index is 12.4. The van der Waals surface area contributed by atoms with Crippen LogP contribution >= 0.6 is 11.8 Å². The van der Waals surface area contributed by atoms with E-state index < -0.39 is 0 Å². The normalized spacial score (nSPS) is 10.6. The lowest BCUT2D eigenvalue weighted by Crippen LogP contribution is -2.27. The zero-order chi connectivity index (χ0) is 25.9. The Balaban J connectivity index is 1.49. The number of carbonyl (C=O) groups excluding carboxylic acids is 1. The SMILES string of the molecule is CCOc1ccc(-c2nnc(SCC(=O)NCCc3ccccc3)nc2-c2ccc(OCC)cc2)cc1. The van der Waals surface area contributed by atoms with Gasteiger partial charge in [0.15, 0.2) is 0 Å². The molecule has 0 atom stereocenters. The summed E-state index contributed by atoms with van der Waals surface area (Å²) in [4.78, 5) is 17.2. The van der Waals surface area contributed by atoms with E-state index in [4.69, 9.17) is 14.5 Å². The Morgan fingerprint density at radius 2 is 1.38 bits per heavy atom. The van der Waals surface area contributed by atoms with Crippen LogP contribution in [0, 0.1) is 0 Å². The molecule has 1 heterocycles. The highest BCUT2D eigenvalue weighted by Gasteiger charge is 2.15. The van der Waals surface area contributed by atoms with Crippen LogP contribution in [0.1, 0.15) is 19.4 Å². The molecule has 0 unspecified atom stereocenters. The van der Waals surface area contributed by atoms with Crippen molar-refractivity contribution in [3.05, 3.63) is 84.4 Å². The second-order valence-corrected chi connectivity index (χ2v) is 9.02. The second-order valence-electron chi connectivity index (χ2n) is 8.08. The lowest BCUT2D eigenvalue weighted by Gasteiger charge is -2.11. The molecule has 1 aromatic heterocycles. The molecule has 0 saturated heterocycles. The van der Waals surface area contributed by atoms with Gasteiger partial charge in [0, 0.05) is 17.7 Å². The molecule has 1 N–H and O–H groups in total. The average Bonchev–Trinajstić information content (AvgIpc) is 2.94. The van der Waals surface area contributed by atoms with Gasteiger partial charge in [-0.2, -0.15) is 0 Å². The van der Waals surface area contributed by atoms with Gasteiger partial charge < -0.3 is 14.8 Å². The van der Waals surface area contributed by atoms with E-state index in [1.165, 1.54) is 17.3 Å². The van der Waals surface area contributed by atoms with E-state index in [9.17, 15) is 4.79 Å². The molecule has 4 rings (SSSR count). The first-order valence-corrected chi connectivity index (χ1v) is 13.3. The lowest BCUT2D eigenvalue weighted by atomic mass is 10.0. The quantitative estimate of drug-likeness (QED) is 0.252. The van der Waals surface area contributed by atoms with Crippen molar-refractivity contribution in [3.63, 3.8) is 0 Å². The third-order valence-electron chi connectivity index (χ3n) is 5.46. The molecule has 0 radical (unpaired) electrons. The van der Waals surface area contributed by atoms with Crippen molar-refractivity contribution in [2.75, 3.05) is 25.5 Å². The van der Waals surface area contributed by atoms with Gasteiger partial charge in [0.2, 0.25) is 11.1 Å². The fourth-order valence-corrected chi connectivity index (χ4v) is 4.31. The number of rotatable bonds is 12. The molecule has 1 amide bonds. The summed E-state index contributed by atoms with van der Waals surface area (Å²) in [6, 6.07) is 25.5. The fourth-order valence-electron chi connectivity index (χ4n) is 3.69. The van der Waals surface area contributed by atoms with Crippen molar-refractivity contribution >= 4 is 17.7 Å². The number of nitrogens with zero attached hydrogens (tertiary/aromatic N) is 3. The Kier molecular flexibility index (Phi) is 9.48. The second kappa shape index (κ2) is 13.4. The molecule has 0 fully saturated rings.